The van der Waals surface area contributed by atoms with Crippen molar-refractivity contribution in [2.75, 3.05) is 13.7 Å². The number of methoxy groups -OCH3 is 1. The van der Waals surface area contributed by atoms with E-state index in [1.807, 2.05) is 53.4 Å². The number of thiocarbonyl (C=S) groups is 1. The zero-order chi connectivity index (χ0) is 16.8. The van der Waals surface area contributed by atoms with Crippen molar-refractivity contribution in [3.8, 4) is 28.5 Å². The maximum Gasteiger partial charge on any atom is 0.227 e. The molecule has 0 saturated carbocycles. The fraction of sp³-hybridized carbons (Fsp3) is 0.167. The van der Waals surface area contributed by atoms with Gasteiger partial charge in [-0.15, -0.1) is 0 Å². The molecule has 2 heterocycles. The number of hydrogen-bond acceptors (Lipinski definition) is 5. The smallest absolute Gasteiger partial charge is 0.227 e. The quantitative estimate of drug-likeness (QED) is 0.393. The largest absolute Gasteiger partial charge is 0.497 e. The van der Waals surface area contributed by atoms with E-state index in [0.717, 1.165) is 29.2 Å². The maximum atomic E-state index is 5.86. The Bertz CT molecular complexity index is 851. The van der Waals surface area contributed by atoms with Gasteiger partial charge in [-0.3, -0.25) is 0 Å². The zero-order valence-corrected chi connectivity index (χ0v) is 14.0. The first-order chi connectivity index (χ1) is 11.8. The molecule has 0 spiro atoms. The third-order valence-corrected chi connectivity index (χ3v) is 3.68. The summed E-state index contributed by atoms with van der Waals surface area (Å²) in [5.41, 5.74) is 1.88. The lowest BCUT2D eigenvalue weighted by Gasteiger charge is -2.00. The van der Waals surface area contributed by atoms with Crippen LogP contribution in [0.25, 0.3) is 22.8 Å². The first kappa shape index (κ1) is 16.1. The summed E-state index contributed by atoms with van der Waals surface area (Å²) in [6, 6.07) is 11.6. The SMILES string of the molecule is COc1ccc(-c2cnc(-c3cc[n+](CCN=C=S)cc3)o2)cc1. The molecule has 0 aliphatic carbocycles. The molecule has 0 bridgehead atoms. The van der Waals surface area contributed by atoms with Crippen LogP contribution in [0.1, 0.15) is 0 Å². The molecule has 24 heavy (non-hydrogen) atoms. The molecule has 3 rings (SSSR count). The number of nitrogens with zero attached hydrogens (tertiary/aromatic N) is 3. The van der Waals surface area contributed by atoms with E-state index >= 15 is 0 Å². The zero-order valence-electron chi connectivity index (χ0n) is 13.2. The van der Waals surface area contributed by atoms with Crippen molar-refractivity contribution in [3.05, 3.63) is 55.0 Å². The Morgan fingerprint density at radius 2 is 1.92 bits per heavy atom. The standard InChI is InChI=1S/C18H16N3O2S/c1-22-16-4-2-14(3-5-16)17-12-20-18(23-17)15-6-9-21(10-7-15)11-8-19-13-24/h2-7,9-10,12H,8,11H2,1H3/q+1. The van der Waals surface area contributed by atoms with Crippen molar-refractivity contribution in [3.63, 3.8) is 0 Å². The molecular formula is C18H16N3O2S+. The summed E-state index contributed by atoms with van der Waals surface area (Å²) in [5.74, 6) is 2.12. The van der Waals surface area contributed by atoms with E-state index in [4.69, 9.17) is 9.15 Å². The summed E-state index contributed by atoms with van der Waals surface area (Å²) < 4.78 is 13.0. The molecule has 2 aromatic heterocycles. The van der Waals surface area contributed by atoms with E-state index in [0.29, 0.717) is 12.4 Å². The summed E-state index contributed by atoms with van der Waals surface area (Å²) in [7, 11) is 1.64. The van der Waals surface area contributed by atoms with Gasteiger partial charge in [0.05, 0.1) is 18.5 Å². The van der Waals surface area contributed by atoms with Crippen LogP contribution in [-0.2, 0) is 6.54 Å². The van der Waals surface area contributed by atoms with Gasteiger partial charge in [0.1, 0.15) is 12.3 Å². The monoisotopic (exact) mass is 338 g/mol. The highest BCUT2D eigenvalue weighted by Crippen LogP contribution is 2.26. The predicted molar refractivity (Wildman–Crippen MR) is 94.0 cm³/mol. The lowest BCUT2D eigenvalue weighted by molar-refractivity contribution is -0.694. The molecule has 5 nitrogen and oxygen atoms in total. The molecule has 0 aliphatic heterocycles. The van der Waals surface area contributed by atoms with Gasteiger partial charge in [-0.25, -0.2) is 14.5 Å². The van der Waals surface area contributed by atoms with Crippen molar-refractivity contribution in [2.24, 2.45) is 4.99 Å². The molecule has 0 amide bonds. The van der Waals surface area contributed by atoms with Crippen LogP contribution in [-0.4, -0.2) is 23.8 Å². The predicted octanol–water partition coefficient (Wildman–Crippen LogP) is 3.41. The average molecular weight is 338 g/mol. The van der Waals surface area contributed by atoms with E-state index < -0.39 is 0 Å². The molecular weight excluding hydrogens is 322 g/mol. The van der Waals surface area contributed by atoms with Gasteiger partial charge in [0.25, 0.3) is 0 Å². The number of aromatic nitrogens is 2. The van der Waals surface area contributed by atoms with Gasteiger partial charge in [-0.2, -0.15) is 0 Å². The van der Waals surface area contributed by atoms with Crippen molar-refractivity contribution in [2.45, 2.75) is 6.54 Å². The van der Waals surface area contributed by atoms with E-state index in [9.17, 15) is 0 Å². The van der Waals surface area contributed by atoms with Crippen molar-refractivity contribution >= 4 is 17.4 Å². The highest BCUT2D eigenvalue weighted by Gasteiger charge is 2.10. The molecule has 0 aliphatic rings. The van der Waals surface area contributed by atoms with Crippen LogP contribution < -0.4 is 9.30 Å². The van der Waals surface area contributed by atoms with Crippen LogP contribution in [0.4, 0.5) is 0 Å². The summed E-state index contributed by atoms with van der Waals surface area (Å²) in [4.78, 5) is 8.26. The molecule has 0 fully saturated rings. The minimum atomic E-state index is 0.588. The third-order valence-electron chi connectivity index (χ3n) is 3.55. The van der Waals surface area contributed by atoms with Crippen molar-refractivity contribution < 1.29 is 13.7 Å². The lowest BCUT2D eigenvalue weighted by atomic mass is 10.2. The van der Waals surface area contributed by atoms with Crippen LogP contribution in [0, 0.1) is 0 Å². The number of hydrogen-bond donors (Lipinski definition) is 0. The van der Waals surface area contributed by atoms with E-state index in [1.54, 1.807) is 13.3 Å². The minimum absolute atomic E-state index is 0.588. The van der Waals surface area contributed by atoms with Crippen LogP contribution in [0.5, 0.6) is 5.75 Å². The van der Waals surface area contributed by atoms with Gasteiger partial charge in [-0.1, -0.05) is 0 Å². The van der Waals surface area contributed by atoms with Gasteiger partial charge in [0.15, 0.2) is 24.7 Å². The molecule has 1 aromatic carbocycles. The van der Waals surface area contributed by atoms with Gasteiger partial charge in [0, 0.05) is 23.3 Å². The fourth-order valence-corrected chi connectivity index (χ4v) is 2.35. The highest BCUT2D eigenvalue weighted by atomic mass is 32.1. The third kappa shape index (κ3) is 3.74. The Morgan fingerprint density at radius 1 is 1.17 bits per heavy atom. The van der Waals surface area contributed by atoms with Gasteiger partial charge in [-0.05, 0) is 36.5 Å². The number of isothiocyanates is 1. The molecule has 6 heteroatoms. The van der Waals surface area contributed by atoms with E-state index in [1.165, 1.54) is 0 Å². The minimum Gasteiger partial charge on any atom is -0.497 e. The Labute approximate surface area is 145 Å². The first-order valence-electron chi connectivity index (χ1n) is 7.43. The molecule has 0 saturated heterocycles. The molecule has 120 valence electrons. The molecule has 0 unspecified atom stereocenters. The Morgan fingerprint density at radius 3 is 2.58 bits per heavy atom. The number of oxazole rings is 1. The van der Waals surface area contributed by atoms with Gasteiger partial charge in [0.2, 0.25) is 5.89 Å². The van der Waals surface area contributed by atoms with E-state index in [2.05, 4.69) is 27.4 Å². The topological polar surface area (TPSA) is 51.5 Å². The normalized spacial score (nSPS) is 10.2. The Balaban J connectivity index is 1.75. The van der Waals surface area contributed by atoms with Crippen LogP contribution in [0.2, 0.25) is 0 Å². The second kappa shape index (κ2) is 7.64. The Kier molecular flexibility index (Phi) is 5.11. The highest BCUT2D eigenvalue weighted by molar-refractivity contribution is 7.78. The van der Waals surface area contributed by atoms with Crippen LogP contribution in [0.3, 0.4) is 0 Å². The molecule has 0 N–H and O–H groups in total. The number of pyridine rings is 1. The number of aliphatic imine (C=N–C) groups is 1. The first-order valence-corrected chi connectivity index (χ1v) is 7.84. The second-order valence-corrected chi connectivity index (χ2v) is 5.24. The van der Waals surface area contributed by atoms with E-state index in [-0.39, 0.29) is 0 Å². The average Bonchev–Trinajstić information content (AvgIpc) is 3.13. The summed E-state index contributed by atoms with van der Waals surface area (Å²) in [6.45, 7) is 1.38. The van der Waals surface area contributed by atoms with Crippen molar-refractivity contribution in [1.29, 1.82) is 0 Å². The van der Waals surface area contributed by atoms with Gasteiger partial charge >= 0.3 is 0 Å². The molecule has 0 radical (unpaired) electrons. The second-order valence-electron chi connectivity index (χ2n) is 5.06. The number of benzene rings is 1. The molecule has 3 aromatic rings. The summed E-state index contributed by atoms with van der Waals surface area (Å²) >= 11 is 4.56. The van der Waals surface area contributed by atoms with Crippen LogP contribution in [0.15, 0.2) is 64.4 Å². The van der Waals surface area contributed by atoms with Gasteiger partial charge < -0.3 is 9.15 Å². The molecule has 0 atom stereocenters. The maximum absolute atomic E-state index is 5.86. The van der Waals surface area contributed by atoms with Crippen molar-refractivity contribution in [1.82, 2.24) is 4.98 Å². The Hall–Kier alpha value is -2.82. The number of rotatable bonds is 6. The fourth-order valence-electron chi connectivity index (χ4n) is 2.26. The number of ether oxygens (including phenoxy) is 1. The summed E-state index contributed by atoms with van der Waals surface area (Å²) in [5, 5.41) is 2.36. The lowest BCUT2D eigenvalue weighted by Crippen LogP contribution is -2.33. The van der Waals surface area contributed by atoms with Crippen LogP contribution >= 0.6 is 12.2 Å². The summed E-state index contributed by atoms with van der Waals surface area (Å²) in [6.07, 6.45) is 5.66.